The number of hydrogen-bond donors (Lipinski definition) is 1. The fraction of sp³-hybridized carbons (Fsp3) is 0.273. The summed E-state index contributed by atoms with van der Waals surface area (Å²) in [5.74, 6) is 0.344. The summed E-state index contributed by atoms with van der Waals surface area (Å²) < 4.78 is 12.6. The topological polar surface area (TPSA) is 74.8 Å². The molecule has 1 amide bonds. The summed E-state index contributed by atoms with van der Waals surface area (Å²) in [5.41, 5.74) is 0.325. The average Bonchev–Trinajstić information content (AvgIpc) is 2.75. The molecule has 0 bridgehead atoms. The molecule has 0 aromatic carbocycles. The number of aromatic amines is 1. The van der Waals surface area contributed by atoms with Crippen molar-refractivity contribution in [2.45, 2.75) is 13.5 Å². The Bertz CT molecular complexity index is 551. The molecular formula is C11H12FN5O. The monoisotopic (exact) mass is 249 g/mol. The zero-order valence-corrected chi connectivity index (χ0v) is 10.0. The summed E-state index contributed by atoms with van der Waals surface area (Å²) >= 11 is 0. The Morgan fingerprint density at radius 3 is 2.83 bits per heavy atom. The second-order valence-electron chi connectivity index (χ2n) is 3.87. The van der Waals surface area contributed by atoms with E-state index < -0.39 is 5.95 Å². The largest absolute Gasteiger partial charge is 0.334 e. The molecule has 6 nitrogen and oxygen atoms in total. The number of nitrogens with one attached hydrogen (secondary N) is 1. The lowest BCUT2D eigenvalue weighted by molar-refractivity contribution is 0.0781. The predicted octanol–water partition coefficient (Wildman–Crippen LogP) is 0.919. The second-order valence-corrected chi connectivity index (χ2v) is 3.87. The van der Waals surface area contributed by atoms with E-state index in [1.807, 2.05) is 0 Å². The molecule has 0 fully saturated rings. The van der Waals surface area contributed by atoms with Crippen LogP contribution in [0.1, 0.15) is 22.0 Å². The minimum Gasteiger partial charge on any atom is -0.334 e. The highest BCUT2D eigenvalue weighted by Gasteiger charge is 2.14. The molecule has 0 saturated carbocycles. The molecule has 0 atom stereocenters. The van der Waals surface area contributed by atoms with Crippen molar-refractivity contribution in [3.8, 4) is 0 Å². The van der Waals surface area contributed by atoms with E-state index in [0.717, 1.165) is 6.07 Å². The van der Waals surface area contributed by atoms with Gasteiger partial charge >= 0.3 is 0 Å². The molecule has 0 unspecified atom stereocenters. The van der Waals surface area contributed by atoms with E-state index in [-0.39, 0.29) is 12.5 Å². The van der Waals surface area contributed by atoms with E-state index in [0.29, 0.717) is 17.2 Å². The zero-order valence-electron chi connectivity index (χ0n) is 10.0. The third-order valence-electron chi connectivity index (χ3n) is 2.34. The third-order valence-corrected chi connectivity index (χ3v) is 2.34. The number of carbonyl (C=O) groups is 1. The van der Waals surface area contributed by atoms with E-state index in [1.165, 1.54) is 17.2 Å². The number of hydrogen-bond acceptors (Lipinski definition) is 4. The molecule has 0 aliphatic carbocycles. The van der Waals surface area contributed by atoms with Gasteiger partial charge in [0.05, 0.1) is 12.1 Å². The van der Waals surface area contributed by atoms with Gasteiger partial charge in [-0.1, -0.05) is 0 Å². The lowest BCUT2D eigenvalue weighted by Crippen LogP contribution is -2.26. The summed E-state index contributed by atoms with van der Waals surface area (Å²) in [6.45, 7) is 2.06. The first kappa shape index (κ1) is 12.2. The van der Waals surface area contributed by atoms with Gasteiger partial charge in [0.1, 0.15) is 5.82 Å². The van der Waals surface area contributed by atoms with Gasteiger partial charge in [0.15, 0.2) is 5.82 Å². The summed E-state index contributed by atoms with van der Waals surface area (Å²) in [4.78, 5) is 21.0. The van der Waals surface area contributed by atoms with Crippen molar-refractivity contribution in [3.05, 3.63) is 41.5 Å². The van der Waals surface area contributed by atoms with Crippen molar-refractivity contribution >= 4 is 5.91 Å². The molecular weight excluding hydrogens is 237 g/mol. The minimum absolute atomic E-state index is 0.259. The van der Waals surface area contributed by atoms with Crippen LogP contribution < -0.4 is 0 Å². The Morgan fingerprint density at radius 2 is 2.28 bits per heavy atom. The molecule has 94 valence electrons. The summed E-state index contributed by atoms with van der Waals surface area (Å²) in [6.07, 6.45) is 1.21. The number of nitrogens with zero attached hydrogens (tertiary/aromatic N) is 4. The van der Waals surface area contributed by atoms with E-state index in [1.54, 1.807) is 14.0 Å². The number of carbonyl (C=O) groups excluding carboxylic acids is 1. The standard InChI is InChI=1S/C11H12FN5O/c1-7-14-10(16-15-7)6-17(2)11(18)8-3-4-9(12)13-5-8/h3-5H,6H2,1-2H3,(H,14,15,16). The molecule has 18 heavy (non-hydrogen) atoms. The molecule has 1 N–H and O–H groups in total. The molecule has 0 radical (unpaired) electrons. The number of H-pyrrole nitrogens is 1. The summed E-state index contributed by atoms with van der Waals surface area (Å²) in [6, 6.07) is 2.54. The van der Waals surface area contributed by atoms with Gasteiger partial charge in [-0.25, -0.2) is 9.97 Å². The molecule has 2 rings (SSSR count). The van der Waals surface area contributed by atoms with Gasteiger partial charge < -0.3 is 4.90 Å². The van der Waals surface area contributed by atoms with E-state index >= 15 is 0 Å². The highest BCUT2D eigenvalue weighted by atomic mass is 19.1. The van der Waals surface area contributed by atoms with Gasteiger partial charge in [-0.05, 0) is 19.1 Å². The first-order valence-electron chi connectivity index (χ1n) is 5.31. The van der Waals surface area contributed by atoms with Crippen LogP contribution in [-0.4, -0.2) is 38.0 Å². The molecule has 2 heterocycles. The van der Waals surface area contributed by atoms with Crippen molar-refractivity contribution < 1.29 is 9.18 Å². The van der Waals surface area contributed by atoms with Crippen LogP contribution in [0.2, 0.25) is 0 Å². The molecule has 2 aromatic rings. The maximum absolute atomic E-state index is 12.6. The number of pyridine rings is 1. The van der Waals surface area contributed by atoms with Crippen LogP contribution in [0.15, 0.2) is 18.3 Å². The molecule has 0 aliphatic rings. The first-order valence-corrected chi connectivity index (χ1v) is 5.31. The van der Waals surface area contributed by atoms with Crippen LogP contribution in [0.3, 0.4) is 0 Å². The fourth-order valence-electron chi connectivity index (χ4n) is 1.47. The molecule has 0 aliphatic heterocycles. The fourth-order valence-corrected chi connectivity index (χ4v) is 1.47. The Hall–Kier alpha value is -2.31. The highest BCUT2D eigenvalue weighted by molar-refractivity contribution is 5.93. The van der Waals surface area contributed by atoms with Crippen molar-refractivity contribution in [1.29, 1.82) is 0 Å². The Balaban J connectivity index is 2.07. The van der Waals surface area contributed by atoms with Crippen molar-refractivity contribution in [3.63, 3.8) is 0 Å². The number of rotatable bonds is 3. The lowest BCUT2D eigenvalue weighted by Gasteiger charge is -2.14. The van der Waals surface area contributed by atoms with Crippen molar-refractivity contribution in [2.24, 2.45) is 0 Å². The van der Waals surface area contributed by atoms with Crippen LogP contribution >= 0.6 is 0 Å². The number of amides is 1. The third kappa shape index (κ3) is 2.68. The number of halogens is 1. The predicted molar refractivity (Wildman–Crippen MR) is 61.1 cm³/mol. The van der Waals surface area contributed by atoms with Crippen molar-refractivity contribution in [1.82, 2.24) is 25.1 Å². The SMILES string of the molecule is Cc1nc(CN(C)C(=O)c2ccc(F)nc2)n[nH]1. The molecule has 0 spiro atoms. The van der Waals surface area contributed by atoms with Gasteiger partial charge in [-0.2, -0.15) is 9.49 Å². The molecule has 2 aromatic heterocycles. The van der Waals surface area contributed by atoms with Crippen LogP contribution in [0, 0.1) is 12.9 Å². The first-order chi connectivity index (χ1) is 8.56. The molecule has 0 saturated heterocycles. The Morgan fingerprint density at radius 1 is 1.50 bits per heavy atom. The summed E-state index contributed by atoms with van der Waals surface area (Å²) in [7, 11) is 1.62. The van der Waals surface area contributed by atoms with Gasteiger partial charge in [0.25, 0.3) is 5.91 Å². The van der Waals surface area contributed by atoms with Crippen LogP contribution in [0.4, 0.5) is 4.39 Å². The van der Waals surface area contributed by atoms with Crippen LogP contribution in [-0.2, 0) is 6.54 Å². The van der Waals surface area contributed by atoms with Crippen LogP contribution in [0.25, 0.3) is 0 Å². The average molecular weight is 249 g/mol. The normalized spacial score (nSPS) is 10.4. The maximum atomic E-state index is 12.6. The second kappa shape index (κ2) is 4.91. The maximum Gasteiger partial charge on any atom is 0.255 e. The van der Waals surface area contributed by atoms with Gasteiger partial charge in [-0.3, -0.25) is 9.89 Å². The van der Waals surface area contributed by atoms with E-state index in [4.69, 9.17) is 0 Å². The van der Waals surface area contributed by atoms with Gasteiger partial charge in [-0.15, -0.1) is 0 Å². The highest BCUT2D eigenvalue weighted by Crippen LogP contribution is 2.05. The van der Waals surface area contributed by atoms with Gasteiger partial charge in [0, 0.05) is 13.2 Å². The van der Waals surface area contributed by atoms with E-state index in [9.17, 15) is 9.18 Å². The number of aryl methyl sites for hydroxylation is 1. The van der Waals surface area contributed by atoms with Crippen LogP contribution in [0.5, 0.6) is 0 Å². The lowest BCUT2D eigenvalue weighted by atomic mass is 10.2. The van der Waals surface area contributed by atoms with Crippen molar-refractivity contribution in [2.75, 3.05) is 7.05 Å². The smallest absolute Gasteiger partial charge is 0.255 e. The van der Waals surface area contributed by atoms with Gasteiger partial charge in [0.2, 0.25) is 5.95 Å². The Kier molecular flexibility index (Phi) is 3.31. The van der Waals surface area contributed by atoms with E-state index in [2.05, 4.69) is 20.2 Å². The number of aromatic nitrogens is 4. The minimum atomic E-state index is -0.612. The zero-order chi connectivity index (χ0) is 13.1. The quantitative estimate of drug-likeness (QED) is 0.821. The Labute approximate surface area is 103 Å². The summed E-state index contributed by atoms with van der Waals surface area (Å²) in [5, 5.41) is 6.64. The molecule has 7 heteroatoms.